The maximum atomic E-state index is 13.1. The summed E-state index contributed by atoms with van der Waals surface area (Å²) in [5.41, 5.74) is 2.14. The first-order chi connectivity index (χ1) is 11.2. The Labute approximate surface area is 134 Å². The van der Waals surface area contributed by atoms with E-state index in [9.17, 15) is 9.59 Å². The minimum absolute atomic E-state index is 0.0387. The Hall–Kier alpha value is -2.30. The second-order valence-corrected chi connectivity index (χ2v) is 6.27. The highest BCUT2D eigenvalue weighted by Crippen LogP contribution is 2.33. The number of amides is 1. The summed E-state index contributed by atoms with van der Waals surface area (Å²) in [7, 11) is 0. The number of hydrogen-bond donors (Lipinski definition) is 0. The van der Waals surface area contributed by atoms with Gasteiger partial charge < -0.3 is 13.9 Å². The molecule has 1 amide bonds. The van der Waals surface area contributed by atoms with Gasteiger partial charge in [0.1, 0.15) is 12.0 Å². The molecule has 1 atom stereocenters. The Morgan fingerprint density at radius 1 is 1.35 bits per heavy atom. The van der Waals surface area contributed by atoms with E-state index in [1.807, 2.05) is 11.0 Å². The number of hydrogen-bond acceptors (Lipinski definition) is 3. The molecule has 4 rings (SSSR count). The van der Waals surface area contributed by atoms with E-state index >= 15 is 0 Å². The topological polar surface area (TPSA) is 55.5 Å². The first-order valence-electron chi connectivity index (χ1n) is 8.30. The van der Waals surface area contributed by atoms with Crippen molar-refractivity contribution in [3.63, 3.8) is 0 Å². The van der Waals surface area contributed by atoms with Gasteiger partial charge in [-0.15, -0.1) is 0 Å². The van der Waals surface area contributed by atoms with Gasteiger partial charge in [0.2, 0.25) is 0 Å². The summed E-state index contributed by atoms with van der Waals surface area (Å²) in [6.07, 6.45) is 6.45. The highest BCUT2D eigenvalue weighted by molar-refractivity contribution is 6.09. The molecule has 5 nitrogen and oxygen atoms in total. The van der Waals surface area contributed by atoms with Crippen molar-refractivity contribution < 1.29 is 14.0 Å². The molecule has 0 bridgehead atoms. The third-order valence-electron chi connectivity index (χ3n) is 5.00. The van der Waals surface area contributed by atoms with E-state index in [1.54, 1.807) is 0 Å². The molecule has 5 heteroatoms. The SMILES string of the molecule is CC[C@@H]1c2cccn2CCN1C(=O)c1coc2c1C(=O)CCC2. The summed E-state index contributed by atoms with van der Waals surface area (Å²) in [5.74, 6) is 0.638. The van der Waals surface area contributed by atoms with Gasteiger partial charge in [0, 0.05) is 37.8 Å². The molecule has 1 aliphatic heterocycles. The van der Waals surface area contributed by atoms with E-state index in [0.29, 0.717) is 29.9 Å². The molecule has 0 spiro atoms. The van der Waals surface area contributed by atoms with Crippen LogP contribution in [0.2, 0.25) is 0 Å². The molecular weight excluding hydrogens is 292 g/mol. The molecule has 0 fully saturated rings. The van der Waals surface area contributed by atoms with Crippen LogP contribution in [0.4, 0.5) is 0 Å². The lowest BCUT2D eigenvalue weighted by molar-refractivity contribution is 0.0613. The number of aryl methyl sites for hydroxylation is 1. The molecule has 0 aromatic carbocycles. The third kappa shape index (κ3) is 2.14. The monoisotopic (exact) mass is 312 g/mol. The van der Waals surface area contributed by atoms with Crippen LogP contribution in [0.3, 0.4) is 0 Å². The van der Waals surface area contributed by atoms with Crippen LogP contribution in [0, 0.1) is 0 Å². The first kappa shape index (κ1) is 14.3. The lowest BCUT2D eigenvalue weighted by atomic mass is 9.93. The van der Waals surface area contributed by atoms with E-state index in [1.165, 1.54) is 6.26 Å². The molecule has 23 heavy (non-hydrogen) atoms. The van der Waals surface area contributed by atoms with Crippen molar-refractivity contribution in [1.82, 2.24) is 9.47 Å². The van der Waals surface area contributed by atoms with Crippen molar-refractivity contribution >= 4 is 11.7 Å². The zero-order valence-corrected chi connectivity index (χ0v) is 13.2. The smallest absolute Gasteiger partial charge is 0.258 e. The van der Waals surface area contributed by atoms with Gasteiger partial charge >= 0.3 is 0 Å². The summed E-state index contributed by atoms with van der Waals surface area (Å²) in [6.45, 7) is 3.54. The molecule has 2 aromatic rings. The van der Waals surface area contributed by atoms with Gasteiger partial charge in [-0.3, -0.25) is 9.59 Å². The molecule has 2 aromatic heterocycles. The Bertz CT molecular complexity index is 771. The average Bonchev–Trinajstić information content (AvgIpc) is 3.20. The van der Waals surface area contributed by atoms with Crippen LogP contribution in [0.25, 0.3) is 0 Å². The normalized spacial score (nSPS) is 20.3. The number of fused-ring (bicyclic) bond motifs is 2. The fourth-order valence-electron chi connectivity index (χ4n) is 3.87. The molecular formula is C18H20N2O3. The molecule has 1 aliphatic carbocycles. The summed E-state index contributed by atoms with van der Waals surface area (Å²) in [6, 6.07) is 4.15. The lowest BCUT2D eigenvalue weighted by Crippen LogP contribution is -2.42. The van der Waals surface area contributed by atoms with Gasteiger partial charge in [-0.25, -0.2) is 0 Å². The number of ketones is 1. The number of nitrogens with zero attached hydrogens (tertiary/aromatic N) is 2. The van der Waals surface area contributed by atoms with E-state index in [4.69, 9.17) is 4.42 Å². The fourth-order valence-corrected chi connectivity index (χ4v) is 3.87. The maximum Gasteiger partial charge on any atom is 0.258 e. The third-order valence-corrected chi connectivity index (χ3v) is 5.00. The Balaban J connectivity index is 1.70. The molecule has 0 unspecified atom stereocenters. The number of aromatic nitrogens is 1. The Kier molecular flexibility index (Phi) is 3.36. The zero-order chi connectivity index (χ0) is 16.0. The van der Waals surface area contributed by atoms with Crippen molar-refractivity contribution in [3.05, 3.63) is 47.2 Å². The largest absolute Gasteiger partial charge is 0.468 e. The lowest BCUT2D eigenvalue weighted by Gasteiger charge is -2.36. The minimum Gasteiger partial charge on any atom is -0.468 e. The van der Waals surface area contributed by atoms with Crippen LogP contribution >= 0.6 is 0 Å². The summed E-state index contributed by atoms with van der Waals surface area (Å²) in [4.78, 5) is 27.2. The molecule has 2 aliphatic rings. The fraction of sp³-hybridized carbons (Fsp3) is 0.444. The quantitative estimate of drug-likeness (QED) is 0.855. The van der Waals surface area contributed by atoms with Crippen LogP contribution in [-0.2, 0) is 13.0 Å². The van der Waals surface area contributed by atoms with Gasteiger partial charge in [0.25, 0.3) is 5.91 Å². The van der Waals surface area contributed by atoms with Crippen LogP contribution in [0.15, 0.2) is 29.0 Å². The first-order valence-corrected chi connectivity index (χ1v) is 8.30. The van der Waals surface area contributed by atoms with E-state index < -0.39 is 0 Å². The van der Waals surface area contributed by atoms with Crippen LogP contribution in [0.5, 0.6) is 0 Å². The van der Waals surface area contributed by atoms with Gasteiger partial charge in [0.15, 0.2) is 5.78 Å². The number of rotatable bonds is 2. The standard InChI is InChI=1S/C18H20N2O3/c1-2-13-14-5-4-8-19(14)9-10-20(13)18(22)12-11-23-16-7-3-6-15(21)17(12)16/h4-5,8,11,13H,2-3,6-7,9-10H2,1H3/t13-/m1/s1. The number of carbonyl (C=O) groups excluding carboxylic acids is 2. The van der Waals surface area contributed by atoms with Gasteiger partial charge in [-0.2, -0.15) is 0 Å². The second kappa shape index (κ2) is 5.41. The van der Waals surface area contributed by atoms with Crippen LogP contribution in [-0.4, -0.2) is 27.7 Å². The van der Waals surface area contributed by atoms with Gasteiger partial charge in [-0.1, -0.05) is 6.92 Å². The molecule has 120 valence electrons. The minimum atomic E-state index is -0.0791. The summed E-state index contributed by atoms with van der Waals surface area (Å²) < 4.78 is 7.72. The Morgan fingerprint density at radius 2 is 2.22 bits per heavy atom. The van der Waals surface area contributed by atoms with Crippen molar-refractivity contribution in [3.8, 4) is 0 Å². The van der Waals surface area contributed by atoms with Gasteiger partial charge in [-0.05, 0) is 25.0 Å². The predicted molar refractivity (Wildman–Crippen MR) is 84.5 cm³/mol. The van der Waals surface area contributed by atoms with Crippen molar-refractivity contribution in [2.75, 3.05) is 6.54 Å². The predicted octanol–water partition coefficient (Wildman–Crippen LogP) is 3.21. The highest BCUT2D eigenvalue weighted by atomic mass is 16.3. The summed E-state index contributed by atoms with van der Waals surface area (Å²) in [5, 5.41) is 0. The number of carbonyl (C=O) groups is 2. The molecule has 3 heterocycles. The highest BCUT2D eigenvalue weighted by Gasteiger charge is 2.35. The van der Waals surface area contributed by atoms with E-state index in [2.05, 4.69) is 23.8 Å². The Morgan fingerprint density at radius 3 is 3.04 bits per heavy atom. The van der Waals surface area contributed by atoms with Crippen molar-refractivity contribution in [2.45, 2.75) is 45.2 Å². The van der Waals surface area contributed by atoms with E-state index in [0.717, 1.165) is 31.5 Å². The van der Waals surface area contributed by atoms with Crippen molar-refractivity contribution in [2.24, 2.45) is 0 Å². The molecule has 0 radical (unpaired) electrons. The average molecular weight is 312 g/mol. The number of furan rings is 1. The van der Waals surface area contributed by atoms with E-state index in [-0.39, 0.29) is 17.7 Å². The van der Waals surface area contributed by atoms with Crippen LogP contribution < -0.4 is 0 Å². The molecule has 0 saturated carbocycles. The molecule has 0 saturated heterocycles. The second-order valence-electron chi connectivity index (χ2n) is 6.27. The number of Topliss-reactive ketones (excluding diaryl/α,β-unsaturated/α-hetero) is 1. The van der Waals surface area contributed by atoms with Gasteiger partial charge in [0.05, 0.1) is 17.2 Å². The maximum absolute atomic E-state index is 13.1. The molecule has 0 N–H and O–H groups in total. The summed E-state index contributed by atoms with van der Waals surface area (Å²) >= 11 is 0. The van der Waals surface area contributed by atoms with Crippen LogP contribution in [0.1, 0.15) is 64.4 Å². The van der Waals surface area contributed by atoms with Crippen molar-refractivity contribution in [1.29, 1.82) is 0 Å². The zero-order valence-electron chi connectivity index (χ0n) is 13.2.